The van der Waals surface area contributed by atoms with Crippen LogP contribution in [0.3, 0.4) is 0 Å². The Hall–Kier alpha value is -2.63. The molecule has 1 amide bonds. The van der Waals surface area contributed by atoms with E-state index in [1.54, 1.807) is 0 Å². The zero-order valence-corrected chi connectivity index (χ0v) is 12.8. The van der Waals surface area contributed by atoms with Crippen LogP contribution in [0, 0.1) is 0 Å². The van der Waals surface area contributed by atoms with Gasteiger partial charge in [0.25, 0.3) is 11.5 Å². The maximum absolute atomic E-state index is 12.1. The number of para-hydroxylation sites is 1. The summed E-state index contributed by atoms with van der Waals surface area (Å²) in [6, 6.07) is 9.96. The maximum atomic E-state index is 12.1. The highest BCUT2D eigenvalue weighted by molar-refractivity contribution is 5.92. The molecule has 0 radical (unpaired) electrons. The third-order valence-corrected chi connectivity index (χ3v) is 3.01. The van der Waals surface area contributed by atoms with Crippen molar-refractivity contribution in [3.8, 4) is 5.75 Å². The summed E-state index contributed by atoms with van der Waals surface area (Å²) in [6.45, 7) is 5.76. The van der Waals surface area contributed by atoms with Crippen molar-refractivity contribution < 1.29 is 9.53 Å². The SMILES string of the molecule is CC(C)Oc1ccccc1[C@@H](C)NC(=O)c1ccc(=O)[nH]n1. The third kappa shape index (κ3) is 3.94. The molecule has 6 heteroatoms. The van der Waals surface area contributed by atoms with Gasteiger partial charge in [-0.05, 0) is 32.9 Å². The van der Waals surface area contributed by atoms with Gasteiger partial charge in [0.2, 0.25) is 0 Å². The Balaban J connectivity index is 2.15. The highest BCUT2D eigenvalue weighted by Gasteiger charge is 2.16. The van der Waals surface area contributed by atoms with Crippen molar-refractivity contribution in [3.63, 3.8) is 0 Å². The lowest BCUT2D eigenvalue weighted by atomic mass is 10.1. The van der Waals surface area contributed by atoms with Gasteiger partial charge in [-0.3, -0.25) is 9.59 Å². The quantitative estimate of drug-likeness (QED) is 0.885. The fraction of sp³-hybridized carbons (Fsp3) is 0.312. The second kappa shape index (κ2) is 6.89. The molecule has 0 aliphatic rings. The average Bonchev–Trinajstić information content (AvgIpc) is 2.47. The number of rotatable bonds is 5. The number of H-pyrrole nitrogens is 1. The second-order valence-corrected chi connectivity index (χ2v) is 5.21. The van der Waals surface area contributed by atoms with Gasteiger partial charge in [0.1, 0.15) is 11.4 Å². The number of hydrogen-bond acceptors (Lipinski definition) is 4. The van der Waals surface area contributed by atoms with Gasteiger partial charge in [0.05, 0.1) is 12.1 Å². The molecule has 1 atom stereocenters. The lowest BCUT2D eigenvalue weighted by Crippen LogP contribution is -2.29. The lowest BCUT2D eigenvalue weighted by Gasteiger charge is -2.19. The number of nitrogens with zero attached hydrogens (tertiary/aromatic N) is 1. The number of ether oxygens (including phenoxy) is 1. The minimum absolute atomic E-state index is 0.0462. The number of carbonyl (C=O) groups excluding carboxylic acids is 1. The topological polar surface area (TPSA) is 84.1 Å². The first kappa shape index (κ1) is 15.8. The summed E-state index contributed by atoms with van der Waals surface area (Å²) in [7, 11) is 0. The average molecular weight is 301 g/mol. The van der Waals surface area contributed by atoms with Gasteiger partial charge in [-0.2, -0.15) is 5.10 Å². The summed E-state index contributed by atoms with van der Waals surface area (Å²) < 4.78 is 5.76. The zero-order chi connectivity index (χ0) is 16.1. The van der Waals surface area contributed by atoms with Crippen LogP contribution in [-0.2, 0) is 0 Å². The first-order valence-corrected chi connectivity index (χ1v) is 7.09. The van der Waals surface area contributed by atoms with E-state index >= 15 is 0 Å². The molecule has 0 bridgehead atoms. The van der Waals surface area contributed by atoms with Crippen molar-refractivity contribution >= 4 is 5.91 Å². The molecular weight excluding hydrogens is 282 g/mol. The van der Waals surface area contributed by atoms with Crippen LogP contribution < -0.4 is 15.6 Å². The number of aromatic amines is 1. The van der Waals surface area contributed by atoms with Crippen LogP contribution in [0.5, 0.6) is 5.75 Å². The van der Waals surface area contributed by atoms with Gasteiger partial charge in [0, 0.05) is 11.6 Å². The molecule has 0 unspecified atom stereocenters. The summed E-state index contributed by atoms with van der Waals surface area (Å²) >= 11 is 0. The van der Waals surface area contributed by atoms with Crippen molar-refractivity contribution in [2.75, 3.05) is 0 Å². The third-order valence-electron chi connectivity index (χ3n) is 3.01. The fourth-order valence-corrected chi connectivity index (χ4v) is 2.02. The molecule has 0 aliphatic heterocycles. The van der Waals surface area contributed by atoms with E-state index in [0.717, 1.165) is 11.3 Å². The first-order valence-electron chi connectivity index (χ1n) is 7.09. The summed E-state index contributed by atoms with van der Waals surface area (Å²) in [6.07, 6.45) is 0.0462. The van der Waals surface area contributed by atoms with Gasteiger partial charge >= 0.3 is 0 Å². The van der Waals surface area contributed by atoms with Gasteiger partial charge in [-0.1, -0.05) is 18.2 Å². The van der Waals surface area contributed by atoms with Gasteiger partial charge in [-0.15, -0.1) is 0 Å². The Kier molecular flexibility index (Phi) is 4.93. The predicted octanol–water partition coefficient (Wildman–Crippen LogP) is 2.05. The molecule has 0 aliphatic carbocycles. The molecule has 116 valence electrons. The van der Waals surface area contributed by atoms with E-state index in [0.29, 0.717) is 0 Å². The van der Waals surface area contributed by atoms with Crippen LogP contribution in [-0.4, -0.2) is 22.2 Å². The molecule has 2 rings (SSSR count). The molecule has 0 fully saturated rings. The fourth-order valence-electron chi connectivity index (χ4n) is 2.02. The highest BCUT2D eigenvalue weighted by atomic mass is 16.5. The van der Waals surface area contributed by atoms with E-state index in [-0.39, 0.29) is 29.3 Å². The van der Waals surface area contributed by atoms with E-state index in [1.165, 1.54) is 12.1 Å². The first-order chi connectivity index (χ1) is 10.5. The van der Waals surface area contributed by atoms with Crippen LogP contribution in [0.15, 0.2) is 41.2 Å². The van der Waals surface area contributed by atoms with E-state index in [1.807, 2.05) is 45.0 Å². The number of benzene rings is 1. The zero-order valence-electron chi connectivity index (χ0n) is 12.8. The number of amides is 1. The van der Waals surface area contributed by atoms with Crippen molar-refractivity contribution in [2.24, 2.45) is 0 Å². The number of nitrogens with one attached hydrogen (secondary N) is 2. The molecule has 1 heterocycles. The van der Waals surface area contributed by atoms with E-state index in [9.17, 15) is 9.59 Å². The summed E-state index contributed by atoms with van der Waals surface area (Å²) in [4.78, 5) is 23.1. The van der Waals surface area contributed by atoms with Gasteiger partial charge < -0.3 is 10.1 Å². The summed E-state index contributed by atoms with van der Waals surface area (Å²) in [5, 5.41) is 8.80. The van der Waals surface area contributed by atoms with Gasteiger partial charge in [-0.25, -0.2) is 5.10 Å². The Morgan fingerprint density at radius 2 is 1.91 bits per heavy atom. The smallest absolute Gasteiger partial charge is 0.272 e. The molecular formula is C16H19N3O3. The summed E-state index contributed by atoms with van der Waals surface area (Å²) in [5.74, 6) is 0.378. The van der Waals surface area contributed by atoms with Gasteiger partial charge in [0.15, 0.2) is 0 Å². The molecule has 0 spiro atoms. The molecule has 1 aromatic heterocycles. The monoisotopic (exact) mass is 301 g/mol. The maximum Gasteiger partial charge on any atom is 0.272 e. The lowest BCUT2D eigenvalue weighted by molar-refractivity contribution is 0.0933. The van der Waals surface area contributed by atoms with Crippen LogP contribution in [0.25, 0.3) is 0 Å². The van der Waals surface area contributed by atoms with Crippen molar-refractivity contribution in [1.82, 2.24) is 15.5 Å². The van der Waals surface area contributed by atoms with Crippen LogP contribution >= 0.6 is 0 Å². The Labute approximate surface area is 128 Å². The number of hydrogen-bond donors (Lipinski definition) is 2. The molecule has 22 heavy (non-hydrogen) atoms. The molecule has 0 saturated heterocycles. The van der Waals surface area contributed by atoms with Crippen molar-refractivity contribution in [3.05, 3.63) is 58.0 Å². The van der Waals surface area contributed by atoms with Crippen LogP contribution in [0.2, 0.25) is 0 Å². The predicted molar refractivity (Wildman–Crippen MR) is 82.9 cm³/mol. The Morgan fingerprint density at radius 1 is 1.18 bits per heavy atom. The minimum atomic E-state index is -0.358. The van der Waals surface area contributed by atoms with Crippen molar-refractivity contribution in [1.29, 1.82) is 0 Å². The molecule has 6 nitrogen and oxygen atoms in total. The largest absolute Gasteiger partial charge is 0.491 e. The summed E-state index contributed by atoms with van der Waals surface area (Å²) in [5.41, 5.74) is 0.697. The Morgan fingerprint density at radius 3 is 2.55 bits per heavy atom. The standard InChI is InChI=1S/C16H19N3O3/c1-10(2)22-14-7-5-4-6-12(14)11(3)17-16(21)13-8-9-15(20)19-18-13/h4-11H,1-3H3,(H,17,21)(H,19,20)/t11-/m1/s1. The molecule has 2 N–H and O–H groups in total. The minimum Gasteiger partial charge on any atom is -0.491 e. The number of carbonyl (C=O) groups is 1. The van der Waals surface area contributed by atoms with E-state index < -0.39 is 0 Å². The van der Waals surface area contributed by atoms with E-state index in [4.69, 9.17) is 4.74 Å². The van der Waals surface area contributed by atoms with Crippen molar-refractivity contribution in [2.45, 2.75) is 32.9 Å². The van der Waals surface area contributed by atoms with E-state index in [2.05, 4.69) is 15.5 Å². The van der Waals surface area contributed by atoms with Crippen LogP contribution in [0.1, 0.15) is 42.9 Å². The highest BCUT2D eigenvalue weighted by Crippen LogP contribution is 2.25. The molecule has 2 aromatic rings. The molecule has 1 aromatic carbocycles. The van der Waals surface area contributed by atoms with Crippen LogP contribution in [0.4, 0.5) is 0 Å². The second-order valence-electron chi connectivity index (χ2n) is 5.21. The normalized spacial score (nSPS) is 12.0. The molecule has 0 saturated carbocycles. The Bertz CT molecular complexity index is 689. The number of aromatic nitrogens is 2.